The molecule has 2 rings (SSSR count). The molecule has 4 heteroatoms. The molecule has 1 aliphatic heterocycles. The summed E-state index contributed by atoms with van der Waals surface area (Å²) in [6.07, 6.45) is 6.84. The smallest absolute Gasteiger partial charge is 0.220 e. The van der Waals surface area contributed by atoms with Gasteiger partial charge in [0.15, 0.2) is 0 Å². The van der Waals surface area contributed by atoms with E-state index in [0.717, 1.165) is 17.9 Å². The lowest BCUT2D eigenvalue weighted by molar-refractivity contribution is -0.123. The average Bonchev–Trinajstić information content (AvgIpc) is 2.98. The summed E-state index contributed by atoms with van der Waals surface area (Å²) in [4.78, 5) is 11.8. The quantitative estimate of drug-likeness (QED) is 0.820. The predicted molar refractivity (Wildman–Crippen MR) is 71.3 cm³/mol. The lowest BCUT2D eigenvalue weighted by atomic mass is 10.0. The number of hydrogen-bond donors (Lipinski definition) is 1. The van der Waals surface area contributed by atoms with Gasteiger partial charge in [0.25, 0.3) is 0 Å². The maximum atomic E-state index is 11.8. The molecule has 1 amide bonds. The molecule has 17 heavy (non-hydrogen) atoms. The van der Waals surface area contributed by atoms with Gasteiger partial charge in [-0.05, 0) is 30.9 Å². The fourth-order valence-corrected chi connectivity index (χ4v) is 4.17. The van der Waals surface area contributed by atoms with Crippen LogP contribution >= 0.6 is 11.8 Å². The van der Waals surface area contributed by atoms with Gasteiger partial charge in [0.2, 0.25) is 5.91 Å². The summed E-state index contributed by atoms with van der Waals surface area (Å²) in [6, 6.07) is 0. The third kappa shape index (κ3) is 3.62. The lowest BCUT2D eigenvalue weighted by Crippen LogP contribution is -2.44. The Morgan fingerprint density at radius 3 is 2.82 bits per heavy atom. The molecule has 0 radical (unpaired) electrons. The number of carbonyl (C=O) groups is 1. The Bertz CT molecular complexity index is 258. The van der Waals surface area contributed by atoms with Gasteiger partial charge < -0.3 is 10.1 Å². The summed E-state index contributed by atoms with van der Waals surface area (Å²) in [5.41, 5.74) is -0.101. The fourth-order valence-electron chi connectivity index (χ4n) is 2.77. The number of methoxy groups -OCH3 is 1. The van der Waals surface area contributed by atoms with Crippen LogP contribution in [0.4, 0.5) is 0 Å². The Labute approximate surface area is 108 Å². The van der Waals surface area contributed by atoms with Crippen molar-refractivity contribution in [1.82, 2.24) is 5.32 Å². The summed E-state index contributed by atoms with van der Waals surface area (Å²) >= 11 is 1.91. The Balaban J connectivity index is 1.71. The molecule has 1 atom stereocenters. The number of rotatable bonds is 5. The monoisotopic (exact) mass is 257 g/mol. The van der Waals surface area contributed by atoms with Crippen LogP contribution in [0.2, 0.25) is 0 Å². The van der Waals surface area contributed by atoms with Crippen LogP contribution in [0, 0.1) is 5.92 Å². The Kier molecular flexibility index (Phi) is 4.74. The number of thioether (sulfide) groups is 1. The van der Waals surface area contributed by atoms with Gasteiger partial charge in [-0.1, -0.05) is 12.8 Å². The third-order valence-electron chi connectivity index (χ3n) is 4.06. The topological polar surface area (TPSA) is 38.3 Å². The first kappa shape index (κ1) is 13.2. The van der Waals surface area contributed by atoms with E-state index in [1.165, 1.54) is 25.7 Å². The first-order chi connectivity index (χ1) is 8.24. The van der Waals surface area contributed by atoms with Crippen molar-refractivity contribution in [2.45, 2.75) is 44.1 Å². The fraction of sp³-hybridized carbons (Fsp3) is 0.923. The largest absolute Gasteiger partial charge is 0.376 e. The van der Waals surface area contributed by atoms with E-state index in [4.69, 9.17) is 4.74 Å². The first-order valence-corrected chi connectivity index (χ1v) is 7.79. The zero-order chi connectivity index (χ0) is 12.1. The van der Waals surface area contributed by atoms with Gasteiger partial charge >= 0.3 is 0 Å². The molecule has 1 aliphatic carbocycles. The summed E-state index contributed by atoms with van der Waals surface area (Å²) < 4.78 is 5.58. The summed E-state index contributed by atoms with van der Waals surface area (Å²) in [5.74, 6) is 3.00. The van der Waals surface area contributed by atoms with Crippen LogP contribution in [0.15, 0.2) is 0 Å². The minimum Gasteiger partial charge on any atom is -0.376 e. The number of nitrogens with one attached hydrogen (secondary N) is 1. The van der Waals surface area contributed by atoms with E-state index in [0.29, 0.717) is 18.9 Å². The third-order valence-corrected chi connectivity index (χ3v) is 5.28. The van der Waals surface area contributed by atoms with E-state index in [9.17, 15) is 4.79 Å². The second-order valence-electron chi connectivity index (χ2n) is 5.32. The van der Waals surface area contributed by atoms with Crippen molar-refractivity contribution in [2.75, 3.05) is 25.2 Å². The highest BCUT2D eigenvalue weighted by atomic mass is 32.2. The molecule has 0 bridgehead atoms. The van der Waals surface area contributed by atoms with E-state index in [1.807, 2.05) is 11.8 Å². The molecule has 1 N–H and O–H groups in total. The van der Waals surface area contributed by atoms with Crippen molar-refractivity contribution in [2.24, 2.45) is 5.92 Å². The second-order valence-corrected chi connectivity index (χ2v) is 6.43. The molecule has 3 nitrogen and oxygen atoms in total. The second kappa shape index (κ2) is 6.10. The summed E-state index contributed by atoms with van der Waals surface area (Å²) in [7, 11) is 1.76. The number of ether oxygens (including phenoxy) is 1. The SMILES string of the molecule is COC1(CNC(=O)CC2CCCC2)CCSC1. The first-order valence-electron chi connectivity index (χ1n) is 6.64. The molecule has 2 aliphatic rings. The molecule has 0 spiro atoms. The Morgan fingerprint density at radius 1 is 1.47 bits per heavy atom. The highest BCUT2D eigenvalue weighted by molar-refractivity contribution is 7.99. The summed E-state index contributed by atoms with van der Waals surface area (Å²) in [6.45, 7) is 0.683. The predicted octanol–water partition coefficient (Wildman–Crippen LogP) is 2.21. The van der Waals surface area contributed by atoms with Crippen LogP contribution in [0.3, 0.4) is 0 Å². The number of carbonyl (C=O) groups excluding carboxylic acids is 1. The van der Waals surface area contributed by atoms with Crippen LogP contribution < -0.4 is 5.32 Å². The van der Waals surface area contributed by atoms with Crippen LogP contribution in [0.5, 0.6) is 0 Å². The van der Waals surface area contributed by atoms with E-state index in [2.05, 4.69) is 5.32 Å². The molecule has 1 unspecified atom stereocenters. The van der Waals surface area contributed by atoms with Crippen LogP contribution in [-0.4, -0.2) is 36.7 Å². The molecule has 0 aromatic carbocycles. The average molecular weight is 257 g/mol. The molecule has 0 aromatic heterocycles. The van der Waals surface area contributed by atoms with Crippen molar-refractivity contribution in [1.29, 1.82) is 0 Å². The maximum absolute atomic E-state index is 11.8. The minimum absolute atomic E-state index is 0.101. The highest BCUT2D eigenvalue weighted by Crippen LogP contribution is 2.30. The standard InChI is InChI=1S/C13H23NO2S/c1-16-13(6-7-17-10-13)9-14-12(15)8-11-4-2-3-5-11/h11H,2-10H2,1H3,(H,14,15). The van der Waals surface area contributed by atoms with E-state index >= 15 is 0 Å². The van der Waals surface area contributed by atoms with Crippen molar-refractivity contribution in [3.8, 4) is 0 Å². The van der Waals surface area contributed by atoms with Crippen LogP contribution in [0.1, 0.15) is 38.5 Å². The zero-order valence-electron chi connectivity index (χ0n) is 10.7. The van der Waals surface area contributed by atoms with Gasteiger partial charge in [-0.2, -0.15) is 11.8 Å². The van der Waals surface area contributed by atoms with Crippen molar-refractivity contribution >= 4 is 17.7 Å². The van der Waals surface area contributed by atoms with Gasteiger partial charge in [0.05, 0.1) is 5.60 Å². The molecule has 0 aromatic rings. The maximum Gasteiger partial charge on any atom is 0.220 e. The molecule has 1 saturated carbocycles. The Hall–Kier alpha value is -0.220. The van der Waals surface area contributed by atoms with Crippen LogP contribution in [-0.2, 0) is 9.53 Å². The molecular formula is C13H23NO2S. The lowest BCUT2D eigenvalue weighted by Gasteiger charge is -2.27. The number of amides is 1. The van der Waals surface area contributed by atoms with E-state index < -0.39 is 0 Å². The van der Waals surface area contributed by atoms with Crippen molar-refractivity contribution < 1.29 is 9.53 Å². The number of hydrogen-bond acceptors (Lipinski definition) is 3. The highest BCUT2D eigenvalue weighted by Gasteiger charge is 2.34. The van der Waals surface area contributed by atoms with Crippen LogP contribution in [0.25, 0.3) is 0 Å². The van der Waals surface area contributed by atoms with Crippen molar-refractivity contribution in [3.05, 3.63) is 0 Å². The van der Waals surface area contributed by atoms with Gasteiger partial charge in [-0.25, -0.2) is 0 Å². The van der Waals surface area contributed by atoms with Crippen molar-refractivity contribution in [3.63, 3.8) is 0 Å². The van der Waals surface area contributed by atoms with E-state index in [1.54, 1.807) is 7.11 Å². The van der Waals surface area contributed by atoms with Gasteiger partial charge in [-0.15, -0.1) is 0 Å². The molecule has 1 heterocycles. The molecule has 2 fully saturated rings. The molecule has 1 saturated heterocycles. The summed E-state index contributed by atoms with van der Waals surface area (Å²) in [5, 5.41) is 3.07. The normalized spacial score (nSPS) is 29.7. The molecular weight excluding hydrogens is 234 g/mol. The minimum atomic E-state index is -0.101. The Morgan fingerprint density at radius 2 is 2.24 bits per heavy atom. The van der Waals surface area contributed by atoms with E-state index in [-0.39, 0.29) is 11.5 Å². The van der Waals surface area contributed by atoms with Gasteiger partial charge in [0.1, 0.15) is 0 Å². The van der Waals surface area contributed by atoms with Gasteiger partial charge in [0, 0.05) is 25.8 Å². The van der Waals surface area contributed by atoms with Gasteiger partial charge in [-0.3, -0.25) is 4.79 Å². The zero-order valence-corrected chi connectivity index (χ0v) is 11.5. The molecule has 98 valence electrons.